The molecule has 6 nitrogen and oxygen atoms in total. The van der Waals surface area contributed by atoms with Gasteiger partial charge >= 0.3 is 0 Å². The van der Waals surface area contributed by atoms with Gasteiger partial charge in [-0.05, 0) is 30.0 Å². The van der Waals surface area contributed by atoms with Gasteiger partial charge in [0.15, 0.2) is 0 Å². The molecule has 152 valence electrons. The van der Waals surface area contributed by atoms with Gasteiger partial charge in [-0.1, -0.05) is 54.6 Å². The third kappa shape index (κ3) is 5.66. The summed E-state index contributed by atoms with van der Waals surface area (Å²) in [5, 5.41) is 4.36. The first-order valence-corrected chi connectivity index (χ1v) is 11.4. The minimum atomic E-state index is -3.69. The highest BCUT2D eigenvalue weighted by molar-refractivity contribution is 7.91. The number of hydrogen-bond donors (Lipinski definition) is 2. The topological polar surface area (TPSA) is 84.5 Å². The molecule has 3 aromatic rings. The van der Waals surface area contributed by atoms with Gasteiger partial charge in [-0.15, -0.1) is 11.3 Å². The van der Waals surface area contributed by atoms with E-state index in [0.29, 0.717) is 0 Å². The molecule has 1 unspecified atom stereocenters. The van der Waals surface area contributed by atoms with E-state index >= 15 is 0 Å². The minimum Gasteiger partial charge on any atom is -0.491 e. The van der Waals surface area contributed by atoms with Gasteiger partial charge in [0, 0.05) is 5.56 Å². The second-order valence-electron chi connectivity index (χ2n) is 6.28. The fourth-order valence-electron chi connectivity index (χ4n) is 2.70. The van der Waals surface area contributed by atoms with Crippen molar-refractivity contribution in [3.05, 3.63) is 72.1 Å². The normalized spacial score (nSPS) is 12.3. The van der Waals surface area contributed by atoms with Crippen LogP contribution in [0.2, 0.25) is 0 Å². The zero-order valence-corrected chi connectivity index (χ0v) is 17.5. The molecule has 0 spiro atoms. The monoisotopic (exact) mass is 430 g/mol. The Hall–Kier alpha value is -2.68. The Kier molecular flexibility index (Phi) is 7.03. The van der Waals surface area contributed by atoms with Crippen molar-refractivity contribution in [2.45, 2.75) is 17.2 Å². The first kappa shape index (κ1) is 21.0. The molecule has 0 aliphatic rings. The van der Waals surface area contributed by atoms with Gasteiger partial charge < -0.3 is 10.1 Å². The fourth-order valence-corrected chi connectivity index (χ4v) is 4.91. The summed E-state index contributed by atoms with van der Waals surface area (Å²) in [6, 6.07) is 19.8. The molecule has 1 heterocycles. The first-order chi connectivity index (χ1) is 14.0. The van der Waals surface area contributed by atoms with Gasteiger partial charge in [-0.3, -0.25) is 4.79 Å². The number of benzene rings is 2. The number of nitrogens with one attached hydrogen (secondary N) is 2. The second-order valence-corrected chi connectivity index (χ2v) is 9.17. The molecular formula is C21H22N2O4S2. The van der Waals surface area contributed by atoms with Crippen molar-refractivity contribution in [3.8, 4) is 16.9 Å². The molecule has 0 saturated carbocycles. The molecule has 3 rings (SSSR count). The molecule has 1 atom stereocenters. The van der Waals surface area contributed by atoms with Crippen LogP contribution in [-0.2, 0) is 14.8 Å². The van der Waals surface area contributed by atoms with E-state index in [-0.39, 0.29) is 17.4 Å². The van der Waals surface area contributed by atoms with Crippen LogP contribution in [0.5, 0.6) is 5.75 Å². The van der Waals surface area contributed by atoms with Gasteiger partial charge in [0.2, 0.25) is 5.91 Å². The van der Waals surface area contributed by atoms with Crippen LogP contribution in [0, 0.1) is 0 Å². The Labute approximate surface area is 174 Å². The number of sulfonamides is 1. The number of hydrogen-bond acceptors (Lipinski definition) is 5. The van der Waals surface area contributed by atoms with Crippen LogP contribution in [0.25, 0.3) is 11.1 Å². The van der Waals surface area contributed by atoms with E-state index in [0.717, 1.165) is 28.2 Å². The standard InChI is InChI=1S/C21H22N2O4S2/c1-16(23-29(25,26)20-12-7-15-28-20)21(24)22-13-14-27-19-11-6-5-10-18(19)17-8-3-2-4-9-17/h2-12,15-16,23H,13-14H2,1H3,(H,22,24). The molecule has 0 aliphatic heterocycles. The molecule has 1 amide bonds. The summed E-state index contributed by atoms with van der Waals surface area (Å²) in [6.45, 7) is 2.03. The number of para-hydroxylation sites is 1. The fraction of sp³-hybridized carbons (Fsp3) is 0.190. The Morgan fingerprint density at radius 1 is 1.03 bits per heavy atom. The highest BCUT2D eigenvalue weighted by atomic mass is 32.2. The molecule has 0 aliphatic carbocycles. The SMILES string of the molecule is CC(NS(=O)(=O)c1cccs1)C(=O)NCCOc1ccccc1-c1ccccc1. The number of rotatable bonds is 9. The molecule has 0 saturated heterocycles. The average Bonchev–Trinajstić information content (AvgIpc) is 3.28. The van der Waals surface area contributed by atoms with E-state index in [1.54, 1.807) is 11.4 Å². The molecule has 2 N–H and O–H groups in total. The zero-order valence-electron chi connectivity index (χ0n) is 15.9. The van der Waals surface area contributed by atoms with Gasteiger partial charge in [-0.2, -0.15) is 4.72 Å². The van der Waals surface area contributed by atoms with Gasteiger partial charge in [0.25, 0.3) is 10.0 Å². The highest BCUT2D eigenvalue weighted by Gasteiger charge is 2.22. The maximum Gasteiger partial charge on any atom is 0.250 e. The number of carbonyl (C=O) groups is 1. The summed E-state index contributed by atoms with van der Waals surface area (Å²) >= 11 is 1.10. The zero-order chi connectivity index (χ0) is 20.7. The molecule has 0 radical (unpaired) electrons. The molecule has 1 aromatic heterocycles. The third-order valence-electron chi connectivity index (χ3n) is 4.12. The maximum atomic E-state index is 12.2. The van der Waals surface area contributed by atoms with Crippen molar-refractivity contribution < 1.29 is 17.9 Å². The largest absolute Gasteiger partial charge is 0.491 e. The third-order valence-corrected chi connectivity index (χ3v) is 7.05. The maximum absolute atomic E-state index is 12.2. The molecule has 2 aromatic carbocycles. The summed E-state index contributed by atoms with van der Waals surface area (Å²) in [5.74, 6) is 0.310. The van der Waals surface area contributed by atoms with Crippen LogP contribution >= 0.6 is 11.3 Å². The molecule has 0 fully saturated rings. The second kappa shape index (κ2) is 9.69. The lowest BCUT2D eigenvalue weighted by Crippen LogP contribution is -2.45. The molecule has 8 heteroatoms. The average molecular weight is 431 g/mol. The number of amides is 1. The lowest BCUT2D eigenvalue weighted by Gasteiger charge is -2.15. The van der Waals surface area contributed by atoms with Crippen LogP contribution in [0.3, 0.4) is 0 Å². The van der Waals surface area contributed by atoms with Crippen LogP contribution in [-0.4, -0.2) is 33.5 Å². The molecule has 29 heavy (non-hydrogen) atoms. The smallest absolute Gasteiger partial charge is 0.250 e. The van der Waals surface area contributed by atoms with E-state index < -0.39 is 22.0 Å². The van der Waals surface area contributed by atoms with Gasteiger partial charge in [-0.25, -0.2) is 8.42 Å². The Morgan fingerprint density at radius 3 is 2.48 bits per heavy atom. The van der Waals surface area contributed by atoms with Crippen molar-refractivity contribution in [3.63, 3.8) is 0 Å². The van der Waals surface area contributed by atoms with Gasteiger partial charge in [0.05, 0.1) is 12.6 Å². The van der Waals surface area contributed by atoms with Crippen molar-refractivity contribution in [1.29, 1.82) is 0 Å². The Balaban J connectivity index is 1.50. The predicted octanol–water partition coefficient (Wildman–Crippen LogP) is 3.28. The van der Waals surface area contributed by atoms with Gasteiger partial charge in [0.1, 0.15) is 16.6 Å². The van der Waals surface area contributed by atoms with E-state index in [9.17, 15) is 13.2 Å². The van der Waals surface area contributed by atoms with E-state index in [4.69, 9.17) is 4.74 Å². The van der Waals surface area contributed by atoms with Crippen molar-refractivity contribution in [2.24, 2.45) is 0 Å². The van der Waals surface area contributed by atoms with Crippen molar-refractivity contribution in [2.75, 3.05) is 13.2 Å². The van der Waals surface area contributed by atoms with Crippen molar-refractivity contribution in [1.82, 2.24) is 10.0 Å². The Bertz CT molecular complexity index is 1040. The molecular weight excluding hydrogens is 408 g/mol. The first-order valence-electron chi connectivity index (χ1n) is 9.08. The number of carbonyl (C=O) groups excluding carboxylic acids is 1. The summed E-state index contributed by atoms with van der Waals surface area (Å²) < 4.78 is 32.8. The van der Waals surface area contributed by atoms with Crippen LogP contribution in [0.1, 0.15) is 6.92 Å². The summed E-state index contributed by atoms with van der Waals surface area (Å²) in [4.78, 5) is 12.2. The summed E-state index contributed by atoms with van der Waals surface area (Å²) in [5.41, 5.74) is 2.01. The van der Waals surface area contributed by atoms with Crippen LogP contribution in [0.15, 0.2) is 76.3 Å². The lowest BCUT2D eigenvalue weighted by atomic mass is 10.1. The van der Waals surface area contributed by atoms with E-state index in [1.807, 2.05) is 54.6 Å². The predicted molar refractivity (Wildman–Crippen MR) is 114 cm³/mol. The Morgan fingerprint density at radius 2 is 1.76 bits per heavy atom. The quantitative estimate of drug-likeness (QED) is 0.510. The molecule has 0 bridgehead atoms. The number of thiophene rings is 1. The minimum absolute atomic E-state index is 0.179. The lowest BCUT2D eigenvalue weighted by molar-refractivity contribution is -0.122. The summed E-state index contributed by atoms with van der Waals surface area (Å²) in [6.07, 6.45) is 0. The highest BCUT2D eigenvalue weighted by Crippen LogP contribution is 2.29. The van der Waals surface area contributed by atoms with Crippen LogP contribution < -0.4 is 14.8 Å². The summed E-state index contributed by atoms with van der Waals surface area (Å²) in [7, 11) is -3.69. The van der Waals surface area contributed by atoms with E-state index in [2.05, 4.69) is 10.0 Å². The van der Waals surface area contributed by atoms with Crippen molar-refractivity contribution >= 4 is 27.3 Å². The van der Waals surface area contributed by atoms with E-state index in [1.165, 1.54) is 13.0 Å². The number of ether oxygens (including phenoxy) is 1. The van der Waals surface area contributed by atoms with Crippen LogP contribution in [0.4, 0.5) is 0 Å².